The minimum atomic E-state index is 0.371. The summed E-state index contributed by atoms with van der Waals surface area (Å²) in [4.78, 5) is 0. The summed E-state index contributed by atoms with van der Waals surface area (Å²) < 4.78 is 10.8. The third-order valence-electron chi connectivity index (χ3n) is 5.10. The number of fused-ring (bicyclic) bond motifs is 2. The van der Waals surface area contributed by atoms with Crippen LogP contribution in [0.2, 0.25) is 0 Å². The van der Waals surface area contributed by atoms with Gasteiger partial charge in [-0.25, -0.2) is 0 Å². The monoisotopic (exact) mass is 198 g/mol. The Hall–Kier alpha value is -0.0800. The average molecular weight is 198 g/mol. The standard InChI is InChI=1S/C12H22O2/c1-11(2)9-5-6-12(11,3)10(7-9)14-8-13-4/h9-10H,5-8H2,1-4H3. The molecule has 3 atom stereocenters. The zero-order valence-electron chi connectivity index (χ0n) is 9.80. The molecule has 2 aliphatic carbocycles. The van der Waals surface area contributed by atoms with Crippen LogP contribution in [0, 0.1) is 16.7 Å². The van der Waals surface area contributed by atoms with Gasteiger partial charge >= 0.3 is 0 Å². The molecule has 0 N–H and O–H groups in total. The van der Waals surface area contributed by atoms with Gasteiger partial charge in [-0.15, -0.1) is 0 Å². The molecular formula is C12H22O2. The molecule has 0 radical (unpaired) electrons. The second kappa shape index (κ2) is 3.21. The Kier molecular flexibility index (Phi) is 2.39. The van der Waals surface area contributed by atoms with Gasteiger partial charge in [-0.2, -0.15) is 0 Å². The molecule has 0 spiro atoms. The molecule has 3 unspecified atom stereocenters. The van der Waals surface area contributed by atoms with Gasteiger partial charge in [-0.05, 0) is 36.0 Å². The number of methoxy groups -OCH3 is 1. The maximum absolute atomic E-state index is 5.80. The Labute approximate surface area is 87.0 Å². The van der Waals surface area contributed by atoms with Crippen molar-refractivity contribution in [2.45, 2.75) is 46.1 Å². The van der Waals surface area contributed by atoms with Crippen molar-refractivity contribution < 1.29 is 9.47 Å². The predicted octanol–water partition coefficient (Wildman–Crippen LogP) is 2.82. The minimum absolute atomic E-state index is 0.371. The summed E-state index contributed by atoms with van der Waals surface area (Å²) >= 11 is 0. The molecule has 2 bridgehead atoms. The average Bonchev–Trinajstić information content (AvgIpc) is 2.46. The Bertz CT molecular complexity index is 224. The van der Waals surface area contributed by atoms with Gasteiger partial charge in [0.2, 0.25) is 0 Å². The van der Waals surface area contributed by atoms with E-state index < -0.39 is 0 Å². The molecule has 0 amide bonds. The number of hydrogen-bond acceptors (Lipinski definition) is 2. The second-order valence-corrected chi connectivity index (χ2v) is 5.67. The van der Waals surface area contributed by atoms with Crippen LogP contribution in [-0.2, 0) is 9.47 Å². The summed E-state index contributed by atoms with van der Waals surface area (Å²) in [7, 11) is 1.70. The van der Waals surface area contributed by atoms with E-state index in [1.807, 2.05) is 0 Å². The molecule has 0 aliphatic heterocycles. The van der Waals surface area contributed by atoms with E-state index in [0.29, 0.717) is 23.7 Å². The van der Waals surface area contributed by atoms with Gasteiger partial charge in [-0.1, -0.05) is 20.8 Å². The largest absolute Gasteiger partial charge is 0.359 e. The minimum Gasteiger partial charge on any atom is -0.359 e. The van der Waals surface area contributed by atoms with Gasteiger partial charge in [0, 0.05) is 7.11 Å². The molecule has 0 aromatic carbocycles. The molecule has 0 saturated heterocycles. The van der Waals surface area contributed by atoms with Crippen LogP contribution in [0.4, 0.5) is 0 Å². The maximum Gasteiger partial charge on any atom is 0.146 e. The van der Waals surface area contributed by atoms with Crippen LogP contribution in [0.1, 0.15) is 40.0 Å². The van der Waals surface area contributed by atoms with Crippen LogP contribution in [0.3, 0.4) is 0 Å². The first-order chi connectivity index (χ1) is 6.52. The van der Waals surface area contributed by atoms with E-state index in [2.05, 4.69) is 20.8 Å². The van der Waals surface area contributed by atoms with E-state index in [4.69, 9.17) is 9.47 Å². The lowest BCUT2D eigenvalue weighted by Gasteiger charge is -2.38. The van der Waals surface area contributed by atoms with Crippen LogP contribution >= 0.6 is 0 Å². The van der Waals surface area contributed by atoms with Crippen molar-refractivity contribution in [2.24, 2.45) is 16.7 Å². The summed E-state index contributed by atoms with van der Waals surface area (Å²) in [6.07, 6.45) is 4.35. The first-order valence-electron chi connectivity index (χ1n) is 5.63. The van der Waals surface area contributed by atoms with Crippen molar-refractivity contribution in [3.05, 3.63) is 0 Å². The van der Waals surface area contributed by atoms with Crippen molar-refractivity contribution >= 4 is 0 Å². The maximum atomic E-state index is 5.80. The van der Waals surface area contributed by atoms with Gasteiger partial charge in [-0.3, -0.25) is 0 Å². The highest BCUT2D eigenvalue weighted by Gasteiger charge is 2.61. The van der Waals surface area contributed by atoms with Crippen molar-refractivity contribution in [1.82, 2.24) is 0 Å². The summed E-state index contributed by atoms with van der Waals surface area (Å²) in [5.74, 6) is 0.856. The zero-order chi connectivity index (χ0) is 10.4. The molecule has 2 saturated carbocycles. The van der Waals surface area contributed by atoms with E-state index in [1.165, 1.54) is 19.3 Å². The molecule has 2 rings (SSSR count). The predicted molar refractivity (Wildman–Crippen MR) is 56.0 cm³/mol. The molecule has 2 nitrogen and oxygen atoms in total. The van der Waals surface area contributed by atoms with Crippen LogP contribution in [-0.4, -0.2) is 20.0 Å². The fourth-order valence-electron chi connectivity index (χ4n) is 3.53. The van der Waals surface area contributed by atoms with Crippen molar-refractivity contribution in [3.8, 4) is 0 Å². The topological polar surface area (TPSA) is 18.5 Å². The Morgan fingerprint density at radius 3 is 2.43 bits per heavy atom. The summed E-state index contributed by atoms with van der Waals surface area (Å²) in [6, 6.07) is 0. The van der Waals surface area contributed by atoms with Crippen molar-refractivity contribution in [2.75, 3.05) is 13.9 Å². The Balaban J connectivity index is 2.11. The zero-order valence-corrected chi connectivity index (χ0v) is 9.80. The third-order valence-corrected chi connectivity index (χ3v) is 5.10. The van der Waals surface area contributed by atoms with Crippen LogP contribution in [0.5, 0.6) is 0 Å². The molecule has 0 aromatic heterocycles. The lowest BCUT2D eigenvalue weighted by molar-refractivity contribution is -0.120. The van der Waals surface area contributed by atoms with Gasteiger partial charge in [0.25, 0.3) is 0 Å². The fraction of sp³-hybridized carbons (Fsp3) is 1.00. The van der Waals surface area contributed by atoms with E-state index in [1.54, 1.807) is 7.11 Å². The molecular weight excluding hydrogens is 176 g/mol. The van der Waals surface area contributed by atoms with Crippen molar-refractivity contribution in [1.29, 1.82) is 0 Å². The lowest BCUT2D eigenvalue weighted by Crippen LogP contribution is -2.37. The fourth-order valence-corrected chi connectivity index (χ4v) is 3.53. The van der Waals surface area contributed by atoms with E-state index in [-0.39, 0.29) is 0 Å². The number of ether oxygens (including phenoxy) is 2. The molecule has 14 heavy (non-hydrogen) atoms. The summed E-state index contributed by atoms with van der Waals surface area (Å²) in [6.45, 7) is 7.64. The van der Waals surface area contributed by atoms with E-state index in [0.717, 1.165) is 5.92 Å². The van der Waals surface area contributed by atoms with Crippen LogP contribution in [0.15, 0.2) is 0 Å². The molecule has 2 fully saturated rings. The first kappa shape index (κ1) is 10.4. The SMILES string of the molecule is COCOC1CC2CCC1(C)C2(C)C. The highest BCUT2D eigenvalue weighted by atomic mass is 16.7. The van der Waals surface area contributed by atoms with Crippen LogP contribution < -0.4 is 0 Å². The molecule has 2 heteroatoms. The number of hydrogen-bond donors (Lipinski definition) is 0. The second-order valence-electron chi connectivity index (χ2n) is 5.67. The molecule has 2 aliphatic rings. The smallest absolute Gasteiger partial charge is 0.146 e. The molecule has 82 valence electrons. The quantitative estimate of drug-likeness (QED) is 0.649. The number of rotatable bonds is 3. The van der Waals surface area contributed by atoms with Crippen LogP contribution in [0.25, 0.3) is 0 Å². The van der Waals surface area contributed by atoms with Gasteiger partial charge < -0.3 is 9.47 Å². The van der Waals surface area contributed by atoms with Gasteiger partial charge in [0.1, 0.15) is 6.79 Å². The van der Waals surface area contributed by atoms with E-state index in [9.17, 15) is 0 Å². The summed E-state index contributed by atoms with van der Waals surface area (Å²) in [5, 5.41) is 0. The van der Waals surface area contributed by atoms with E-state index >= 15 is 0 Å². The highest BCUT2D eigenvalue weighted by molar-refractivity contribution is 5.10. The van der Waals surface area contributed by atoms with Gasteiger partial charge in [0.15, 0.2) is 0 Å². The lowest BCUT2D eigenvalue weighted by atomic mass is 9.70. The third kappa shape index (κ3) is 1.17. The highest BCUT2D eigenvalue weighted by Crippen LogP contribution is 2.66. The molecule has 0 aromatic rings. The summed E-state index contributed by atoms with van der Waals surface area (Å²) in [5.41, 5.74) is 0.821. The first-order valence-corrected chi connectivity index (χ1v) is 5.63. The Morgan fingerprint density at radius 1 is 1.29 bits per heavy atom. The Morgan fingerprint density at radius 2 is 2.00 bits per heavy atom. The normalized spacial score (nSPS) is 44.6. The van der Waals surface area contributed by atoms with Gasteiger partial charge in [0.05, 0.1) is 6.10 Å². The van der Waals surface area contributed by atoms with Crippen molar-refractivity contribution in [3.63, 3.8) is 0 Å². The molecule has 0 heterocycles.